The van der Waals surface area contributed by atoms with Gasteiger partial charge in [0, 0.05) is 13.3 Å². The van der Waals surface area contributed by atoms with E-state index in [1.165, 1.54) is 6.92 Å². The minimum atomic E-state index is -0.368. The maximum Gasteiger partial charge on any atom is 0.302 e. The molecule has 0 saturated heterocycles. The Morgan fingerprint density at radius 2 is 2.30 bits per heavy atom. The molecule has 0 aliphatic carbocycles. The van der Waals surface area contributed by atoms with Crippen molar-refractivity contribution in [2.75, 3.05) is 6.61 Å². The van der Waals surface area contributed by atoms with Gasteiger partial charge in [0.1, 0.15) is 0 Å². The van der Waals surface area contributed by atoms with Gasteiger partial charge < -0.3 is 4.74 Å². The Hall–Kier alpha value is -0.860. The third-order valence-corrected chi connectivity index (χ3v) is 0.898. The fraction of sp³-hybridized carbons (Fsp3) is 0.571. The molecule has 0 aromatic heterocycles. The van der Waals surface area contributed by atoms with E-state index in [1.54, 1.807) is 0 Å². The lowest BCUT2D eigenvalue weighted by Crippen LogP contribution is -1.99. The molecule has 10 heavy (non-hydrogen) atoms. The number of esters is 1. The standard InChI is InChI=1S/C7H11FO2/c1-6(8)4-3-5-10-7(2)9/h1,3-5H2,2H3. The Labute approximate surface area is 59.7 Å². The van der Waals surface area contributed by atoms with Crippen LogP contribution in [0.3, 0.4) is 0 Å². The van der Waals surface area contributed by atoms with E-state index in [1.807, 2.05) is 0 Å². The summed E-state index contributed by atoms with van der Waals surface area (Å²) in [5.74, 6) is -0.698. The van der Waals surface area contributed by atoms with Crippen LogP contribution in [-0.4, -0.2) is 12.6 Å². The third-order valence-electron chi connectivity index (χ3n) is 0.898. The number of rotatable bonds is 4. The van der Waals surface area contributed by atoms with Crippen LogP contribution in [0.15, 0.2) is 12.4 Å². The van der Waals surface area contributed by atoms with E-state index >= 15 is 0 Å². The number of halogens is 1. The molecule has 0 saturated carbocycles. The highest BCUT2D eigenvalue weighted by Gasteiger charge is 1.93. The normalized spacial score (nSPS) is 9.00. The van der Waals surface area contributed by atoms with Crippen molar-refractivity contribution in [3.8, 4) is 0 Å². The molecule has 3 heteroatoms. The lowest BCUT2D eigenvalue weighted by atomic mass is 10.3. The molecule has 0 amide bonds. The summed E-state index contributed by atoms with van der Waals surface area (Å²) in [5.41, 5.74) is 0. The van der Waals surface area contributed by atoms with Crippen molar-refractivity contribution in [2.24, 2.45) is 0 Å². The van der Waals surface area contributed by atoms with Crippen LogP contribution in [0.2, 0.25) is 0 Å². The number of ether oxygens (including phenoxy) is 1. The van der Waals surface area contributed by atoms with Crippen molar-refractivity contribution >= 4 is 5.97 Å². The molecule has 2 nitrogen and oxygen atoms in total. The predicted molar refractivity (Wildman–Crippen MR) is 36.1 cm³/mol. The zero-order valence-electron chi connectivity index (χ0n) is 6.02. The maximum atomic E-state index is 11.9. The second kappa shape index (κ2) is 4.97. The number of allylic oxidation sites excluding steroid dienone is 1. The molecule has 0 aromatic carbocycles. The van der Waals surface area contributed by atoms with Gasteiger partial charge in [-0.3, -0.25) is 4.79 Å². The van der Waals surface area contributed by atoms with Crippen molar-refractivity contribution in [1.82, 2.24) is 0 Å². The van der Waals surface area contributed by atoms with Gasteiger partial charge in [-0.05, 0) is 6.42 Å². The summed E-state index contributed by atoms with van der Waals surface area (Å²) in [5, 5.41) is 0. The highest BCUT2D eigenvalue weighted by Crippen LogP contribution is 2.02. The molecule has 0 radical (unpaired) electrons. The van der Waals surface area contributed by atoms with Crippen LogP contribution in [-0.2, 0) is 9.53 Å². The fourth-order valence-corrected chi connectivity index (χ4v) is 0.480. The first-order chi connectivity index (χ1) is 4.63. The van der Waals surface area contributed by atoms with Crippen LogP contribution >= 0.6 is 0 Å². The molecule has 58 valence electrons. The van der Waals surface area contributed by atoms with Gasteiger partial charge in [0.2, 0.25) is 0 Å². The van der Waals surface area contributed by atoms with Crippen molar-refractivity contribution in [1.29, 1.82) is 0 Å². The quantitative estimate of drug-likeness (QED) is 0.446. The summed E-state index contributed by atoms with van der Waals surface area (Å²) in [6.45, 7) is 4.66. The topological polar surface area (TPSA) is 26.3 Å². The summed E-state index contributed by atoms with van der Waals surface area (Å²) in [6, 6.07) is 0. The van der Waals surface area contributed by atoms with Crippen LogP contribution < -0.4 is 0 Å². The van der Waals surface area contributed by atoms with E-state index in [0.29, 0.717) is 6.42 Å². The molecule has 0 N–H and O–H groups in total. The van der Waals surface area contributed by atoms with Crippen molar-refractivity contribution < 1.29 is 13.9 Å². The molecule has 0 spiro atoms. The van der Waals surface area contributed by atoms with Crippen molar-refractivity contribution in [2.45, 2.75) is 19.8 Å². The minimum Gasteiger partial charge on any atom is -0.466 e. The molecular formula is C7H11FO2. The first-order valence-corrected chi connectivity index (χ1v) is 3.09. The summed E-state index contributed by atoms with van der Waals surface area (Å²) >= 11 is 0. The van der Waals surface area contributed by atoms with E-state index in [0.717, 1.165) is 0 Å². The summed E-state index contributed by atoms with van der Waals surface area (Å²) in [7, 11) is 0. The Morgan fingerprint density at radius 1 is 1.70 bits per heavy atom. The molecule has 0 fully saturated rings. The minimum absolute atomic E-state index is 0.271. The van der Waals surface area contributed by atoms with E-state index in [9.17, 15) is 9.18 Å². The first kappa shape index (κ1) is 9.14. The van der Waals surface area contributed by atoms with Crippen LogP contribution in [0.5, 0.6) is 0 Å². The molecule has 0 unspecified atom stereocenters. The first-order valence-electron chi connectivity index (χ1n) is 3.09. The highest BCUT2D eigenvalue weighted by atomic mass is 19.1. The van der Waals surface area contributed by atoms with Gasteiger partial charge in [-0.15, -0.1) is 0 Å². The molecule has 0 atom stereocenters. The second-order valence-electron chi connectivity index (χ2n) is 1.96. The number of carbonyl (C=O) groups is 1. The van der Waals surface area contributed by atoms with Crippen LogP contribution in [0, 0.1) is 0 Å². The zero-order chi connectivity index (χ0) is 7.98. The van der Waals surface area contributed by atoms with Gasteiger partial charge in [-0.25, -0.2) is 4.39 Å². The maximum absolute atomic E-state index is 11.9. The van der Waals surface area contributed by atoms with Gasteiger partial charge in [0.15, 0.2) is 0 Å². The molecular weight excluding hydrogens is 135 g/mol. The fourth-order valence-electron chi connectivity index (χ4n) is 0.480. The van der Waals surface area contributed by atoms with E-state index < -0.39 is 0 Å². The van der Waals surface area contributed by atoms with Gasteiger partial charge in [-0.2, -0.15) is 0 Å². The van der Waals surface area contributed by atoms with Crippen LogP contribution in [0.4, 0.5) is 4.39 Å². The van der Waals surface area contributed by atoms with Crippen LogP contribution in [0.25, 0.3) is 0 Å². The molecule has 0 rings (SSSR count). The largest absolute Gasteiger partial charge is 0.466 e. The zero-order valence-corrected chi connectivity index (χ0v) is 6.02. The summed E-state index contributed by atoms with van der Waals surface area (Å²) in [6.07, 6.45) is 0.780. The smallest absolute Gasteiger partial charge is 0.302 e. The number of hydrogen-bond donors (Lipinski definition) is 0. The summed E-state index contributed by atoms with van der Waals surface area (Å²) < 4.78 is 16.4. The van der Waals surface area contributed by atoms with Gasteiger partial charge in [0.25, 0.3) is 0 Å². The second-order valence-corrected chi connectivity index (χ2v) is 1.96. The monoisotopic (exact) mass is 146 g/mol. The average Bonchev–Trinajstić information content (AvgIpc) is 1.79. The molecule has 0 aromatic rings. The van der Waals surface area contributed by atoms with Crippen LogP contribution in [0.1, 0.15) is 19.8 Å². The molecule has 0 aliphatic rings. The van der Waals surface area contributed by atoms with E-state index in [4.69, 9.17) is 0 Å². The van der Waals surface area contributed by atoms with Crippen molar-refractivity contribution in [3.63, 3.8) is 0 Å². The Morgan fingerprint density at radius 3 is 2.70 bits per heavy atom. The summed E-state index contributed by atoms with van der Waals surface area (Å²) in [4.78, 5) is 10.2. The average molecular weight is 146 g/mol. The SMILES string of the molecule is C=C(F)CCCOC(C)=O. The Bertz CT molecular complexity index is 116. The van der Waals surface area contributed by atoms with E-state index in [-0.39, 0.29) is 24.8 Å². The lowest BCUT2D eigenvalue weighted by molar-refractivity contribution is -0.141. The Kier molecular flexibility index (Phi) is 4.54. The predicted octanol–water partition coefficient (Wildman–Crippen LogP) is 1.81. The number of carbonyl (C=O) groups excluding carboxylic acids is 1. The molecule has 0 bridgehead atoms. The van der Waals surface area contributed by atoms with Crippen molar-refractivity contribution in [3.05, 3.63) is 12.4 Å². The van der Waals surface area contributed by atoms with Gasteiger partial charge in [0.05, 0.1) is 12.4 Å². The third kappa shape index (κ3) is 7.14. The molecule has 0 heterocycles. The Balaban J connectivity index is 3.06. The van der Waals surface area contributed by atoms with E-state index in [2.05, 4.69) is 11.3 Å². The highest BCUT2D eigenvalue weighted by molar-refractivity contribution is 5.65. The molecule has 0 aliphatic heterocycles. The number of hydrogen-bond acceptors (Lipinski definition) is 2. The van der Waals surface area contributed by atoms with Gasteiger partial charge >= 0.3 is 5.97 Å². The lowest BCUT2D eigenvalue weighted by Gasteiger charge is -1.98. The van der Waals surface area contributed by atoms with Gasteiger partial charge in [-0.1, -0.05) is 6.58 Å².